The standard InChI is InChI=1S/C31H30N2O2S/c1-4-5-9-23-14-16-27(17-15-23)33-21(2)18-26(22(33)3)19-29-30(34)32(31(35)36-29)20-25-12-8-11-24-10-6-7-13-28(24)25/h6-8,10-19H,4-5,9,20H2,1-3H3/b29-19+. The first-order chi connectivity index (χ1) is 17.5. The Hall–Kier alpha value is -3.57. The lowest BCUT2D eigenvalue weighted by molar-refractivity contribution is -0.123. The molecule has 4 aromatic rings. The summed E-state index contributed by atoms with van der Waals surface area (Å²) in [5.41, 5.74) is 6.53. The van der Waals surface area contributed by atoms with Crippen molar-refractivity contribution in [3.05, 3.63) is 106 Å². The van der Waals surface area contributed by atoms with E-state index >= 15 is 0 Å². The van der Waals surface area contributed by atoms with E-state index in [-0.39, 0.29) is 17.7 Å². The molecule has 0 spiro atoms. The number of nitrogens with zero attached hydrogens (tertiary/aromatic N) is 2. The van der Waals surface area contributed by atoms with Gasteiger partial charge in [-0.3, -0.25) is 14.5 Å². The van der Waals surface area contributed by atoms with Gasteiger partial charge in [0.25, 0.3) is 11.1 Å². The minimum absolute atomic E-state index is 0.226. The van der Waals surface area contributed by atoms with Crippen LogP contribution in [0, 0.1) is 13.8 Å². The third-order valence-corrected chi connectivity index (χ3v) is 7.76. The Bertz CT molecular complexity index is 1480. The van der Waals surface area contributed by atoms with Crippen molar-refractivity contribution < 1.29 is 9.59 Å². The topological polar surface area (TPSA) is 42.3 Å². The van der Waals surface area contributed by atoms with E-state index in [0.29, 0.717) is 4.91 Å². The van der Waals surface area contributed by atoms with E-state index < -0.39 is 0 Å². The van der Waals surface area contributed by atoms with Crippen LogP contribution < -0.4 is 0 Å². The molecule has 2 heterocycles. The van der Waals surface area contributed by atoms with E-state index in [9.17, 15) is 9.59 Å². The molecule has 1 aliphatic rings. The number of fused-ring (bicyclic) bond motifs is 1. The molecule has 4 nitrogen and oxygen atoms in total. The van der Waals surface area contributed by atoms with Crippen LogP contribution in [0.2, 0.25) is 0 Å². The summed E-state index contributed by atoms with van der Waals surface area (Å²) in [6.45, 7) is 6.61. The number of aryl methyl sites for hydroxylation is 2. The number of carbonyl (C=O) groups is 2. The van der Waals surface area contributed by atoms with Gasteiger partial charge in [-0.15, -0.1) is 0 Å². The minimum Gasteiger partial charge on any atom is -0.318 e. The highest BCUT2D eigenvalue weighted by Gasteiger charge is 2.35. The van der Waals surface area contributed by atoms with E-state index in [1.54, 1.807) is 0 Å². The summed E-state index contributed by atoms with van der Waals surface area (Å²) in [7, 11) is 0. The van der Waals surface area contributed by atoms with Gasteiger partial charge >= 0.3 is 0 Å². The molecule has 0 saturated carbocycles. The molecule has 5 rings (SSSR count). The van der Waals surface area contributed by atoms with Crippen molar-refractivity contribution in [2.24, 2.45) is 0 Å². The second-order valence-electron chi connectivity index (χ2n) is 9.34. The monoisotopic (exact) mass is 494 g/mol. The number of aromatic nitrogens is 1. The molecule has 5 heteroatoms. The van der Waals surface area contributed by atoms with E-state index in [1.165, 1.54) is 23.3 Å². The fraction of sp³-hybridized carbons (Fsp3) is 0.226. The molecule has 1 aromatic heterocycles. The van der Waals surface area contributed by atoms with Gasteiger partial charge in [-0.2, -0.15) is 0 Å². The number of unbranched alkanes of at least 4 members (excludes halogenated alkanes) is 1. The van der Waals surface area contributed by atoms with Gasteiger partial charge in [0.2, 0.25) is 0 Å². The van der Waals surface area contributed by atoms with Crippen molar-refractivity contribution in [3.8, 4) is 5.69 Å². The molecule has 2 amide bonds. The molecule has 1 saturated heterocycles. The number of carbonyl (C=O) groups excluding carboxylic acids is 2. The zero-order valence-corrected chi connectivity index (χ0v) is 21.8. The molecule has 0 atom stereocenters. The van der Waals surface area contributed by atoms with Crippen molar-refractivity contribution in [3.63, 3.8) is 0 Å². The maximum absolute atomic E-state index is 13.3. The quantitative estimate of drug-likeness (QED) is 0.246. The van der Waals surface area contributed by atoms with Crippen molar-refractivity contribution in [1.82, 2.24) is 9.47 Å². The van der Waals surface area contributed by atoms with Gasteiger partial charge < -0.3 is 4.57 Å². The Balaban J connectivity index is 1.40. The van der Waals surface area contributed by atoms with Crippen molar-refractivity contribution in [1.29, 1.82) is 0 Å². The van der Waals surface area contributed by atoms with Crippen LogP contribution in [-0.2, 0) is 17.8 Å². The van der Waals surface area contributed by atoms with Crippen LogP contribution >= 0.6 is 11.8 Å². The van der Waals surface area contributed by atoms with Crippen LogP contribution in [0.1, 0.15) is 47.8 Å². The number of hydrogen-bond acceptors (Lipinski definition) is 3. The number of benzene rings is 3. The van der Waals surface area contributed by atoms with Crippen LogP contribution in [0.15, 0.2) is 77.7 Å². The lowest BCUT2D eigenvalue weighted by atomic mass is 10.0. The lowest BCUT2D eigenvalue weighted by Gasteiger charge is -2.14. The Morgan fingerprint density at radius 1 is 0.917 bits per heavy atom. The van der Waals surface area contributed by atoms with Crippen molar-refractivity contribution >= 4 is 39.8 Å². The molecule has 182 valence electrons. The molecule has 36 heavy (non-hydrogen) atoms. The molecule has 1 aliphatic heterocycles. The molecular formula is C31H30N2O2S. The summed E-state index contributed by atoms with van der Waals surface area (Å²) in [4.78, 5) is 27.9. The molecule has 0 bridgehead atoms. The van der Waals surface area contributed by atoms with Gasteiger partial charge in [-0.1, -0.05) is 67.9 Å². The van der Waals surface area contributed by atoms with Crippen molar-refractivity contribution in [2.75, 3.05) is 0 Å². The van der Waals surface area contributed by atoms with Gasteiger partial charge in [0.05, 0.1) is 11.4 Å². The first kappa shape index (κ1) is 24.1. The van der Waals surface area contributed by atoms with Crippen LogP contribution in [0.4, 0.5) is 4.79 Å². The maximum atomic E-state index is 13.3. The Morgan fingerprint density at radius 2 is 1.67 bits per heavy atom. The molecule has 0 unspecified atom stereocenters. The second-order valence-corrected chi connectivity index (χ2v) is 10.3. The van der Waals surface area contributed by atoms with Gasteiger partial charge in [0.15, 0.2) is 0 Å². The highest BCUT2D eigenvalue weighted by molar-refractivity contribution is 8.18. The van der Waals surface area contributed by atoms with Crippen LogP contribution in [0.25, 0.3) is 22.5 Å². The van der Waals surface area contributed by atoms with Crippen LogP contribution in [0.5, 0.6) is 0 Å². The number of amides is 2. The third kappa shape index (κ3) is 4.63. The first-order valence-corrected chi connectivity index (χ1v) is 13.3. The Kier molecular flexibility index (Phi) is 6.84. The average Bonchev–Trinajstić information content (AvgIpc) is 3.32. The number of thioether (sulfide) groups is 1. The second kappa shape index (κ2) is 10.2. The molecular weight excluding hydrogens is 464 g/mol. The predicted octanol–water partition coefficient (Wildman–Crippen LogP) is 7.83. The van der Waals surface area contributed by atoms with Gasteiger partial charge in [-0.05, 0) is 90.2 Å². The summed E-state index contributed by atoms with van der Waals surface area (Å²) in [5.74, 6) is -0.233. The Labute approximate surface area is 216 Å². The molecule has 3 aromatic carbocycles. The smallest absolute Gasteiger partial charge is 0.293 e. The predicted molar refractivity (Wildman–Crippen MR) is 149 cm³/mol. The fourth-order valence-corrected chi connectivity index (χ4v) is 5.73. The highest BCUT2D eigenvalue weighted by Crippen LogP contribution is 2.35. The molecule has 0 radical (unpaired) electrons. The normalized spacial score (nSPS) is 15.0. The summed E-state index contributed by atoms with van der Waals surface area (Å²) in [5, 5.41) is 1.94. The number of imide groups is 1. The van der Waals surface area contributed by atoms with Gasteiger partial charge in [-0.25, -0.2) is 0 Å². The number of rotatable bonds is 7. The average molecular weight is 495 g/mol. The van der Waals surface area contributed by atoms with Gasteiger partial charge in [0, 0.05) is 17.1 Å². The van der Waals surface area contributed by atoms with Gasteiger partial charge in [0.1, 0.15) is 0 Å². The zero-order chi connectivity index (χ0) is 25.2. The summed E-state index contributed by atoms with van der Waals surface area (Å²) < 4.78 is 2.20. The van der Waals surface area contributed by atoms with E-state index in [1.807, 2.05) is 48.5 Å². The van der Waals surface area contributed by atoms with Crippen LogP contribution in [-0.4, -0.2) is 20.6 Å². The van der Waals surface area contributed by atoms with Crippen molar-refractivity contribution in [2.45, 2.75) is 46.6 Å². The number of hydrogen-bond donors (Lipinski definition) is 0. The maximum Gasteiger partial charge on any atom is 0.293 e. The largest absolute Gasteiger partial charge is 0.318 e. The van der Waals surface area contributed by atoms with E-state index in [2.05, 4.69) is 55.7 Å². The highest BCUT2D eigenvalue weighted by atomic mass is 32.2. The summed E-state index contributed by atoms with van der Waals surface area (Å²) in [6.07, 6.45) is 5.34. The fourth-order valence-electron chi connectivity index (χ4n) is 4.90. The van der Waals surface area contributed by atoms with E-state index in [4.69, 9.17) is 0 Å². The minimum atomic E-state index is -0.233. The molecule has 1 fully saturated rings. The van der Waals surface area contributed by atoms with Crippen LogP contribution in [0.3, 0.4) is 0 Å². The SMILES string of the molecule is CCCCc1ccc(-n2c(C)cc(/C=C3/SC(=O)N(Cc4cccc5ccccc45)C3=O)c2C)cc1. The first-order valence-electron chi connectivity index (χ1n) is 12.5. The lowest BCUT2D eigenvalue weighted by Crippen LogP contribution is -2.27. The summed E-state index contributed by atoms with van der Waals surface area (Å²) >= 11 is 1.02. The molecule has 0 N–H and O–H groups in total. The zero-order valence-electron chi connectivity index (χ0n) is 21.0. The summed E-state index contributed by atoms with van der Waals surface area (Å²) in [6, 6.07) is 24.8. The third-order valence-electron chi connectivity index (χ3n) is 6.85. The molecule has 0 aliphatic carbocycles. The van der Waals surface area contributed by atoms with E-state index in [0.717, 1.165) is 57.2 Å². The Morgan fingerprint density at radius 3 is 2.44 bits per heavy atom.